The standard InChI is InChI=1S/C22H19BrCl3NO2/c1-13-3-6-17(10-19(13)25)27-11-14-7-18(23)22(21(8-14)28-2)29-12-15-4-5-16(24)9-20(15)26/h3-10,27H,11-12H2,1-2H3. The first kappa shape index (κ1) is 22.1. The van der Waals surface area contributed by atoms with Gasteiger partial charge in [0.2, 0.25) is 0 Å². The molecule has 0 radical (unpaired) electrons. The van der Waals surface area contributed by atoms with Gasteiger partial charge in [0, 0.05) is 32.9 Å². The SMILES string of the molecule is COc1cc(CNc2ccc(C)c(Cl)c2)cc(Br)c1OCc1ccc(Cl)cc1Cl. The Bertz CT molecular complexity index is 1030. The van der Waals surface area contributed by atoms with Gasteiger partial charge in [0.25, 0.3) is 0 Å². The molecule has 152 valence electrons. The fourth-order valence-corrected chi connectivity index (χ4v) is 3.96. The van der Waals surface area contributed by atoms with Crippen LogP contribution in [-0.2, 0) is 13.2 Å². The molecule has 0 aromatic heterocycles. The van der Waals surface area contributed by atoms with Crippen molar-refractivity contribution in [3.05, 3.63) is 84.8 Å². The van der Waals surface area contributed by atoms with Crippen molar-refractivity contribution in [2.24, 2.45) is 0 Å². The van der Waals surface area contributed by atoms with Crippen molar-refractivity contribution in [1.29, 1.82) is 0 Å². The summed E-state index contributed by atoms with van der Waals surface area (Å²) < 4.78 is 12.3. The molecule has 0 saturated carbocycles. The highest BCUT2D eigenvalue weighted by Gasteiger charge is 2.13. The molecule has 0 unspecified atom stereocenters. The molecule has 0 atom stereocenters. The normalized spacial score (nSPS) is 10.7. The maximum Gasteiger partial charge on any atom is 0.175 e. The van der Waals surface area contributed by atoms with Gasteiger partial charge in [-0.1, -0.05) is 46.9 Å². The fourth-order valence-electron chi connectivity index (χ4n) is 2.71. The number of nitrogens with one attached hydrogen (secondary N) is 1. The predicted octanol–water partition coefficient (Wildman–Crippen LogP) is 7.92. The van der Waals surface area contributed by atoms with Crippen LogP contribution in [0.5, 0.6) is 11.5 Å². The minimum absolute atomic E-state index is 0.296. The van der Waals surface area contributed by atoms with Crippen LogP contribution in [0, 0.1) is 6.92 Å². The molecule has 0 bridgehead atoms. The van der Waals surface area contributed by atoms with Gasteiger partial charge >= 0.3 is 0 Å². The Hall–Kier alpha value is -1.59. The van der Waals surface area contributed by atoms with Crippen LogP contribution in [0.25, 0.3) is 0 Å². The van der Waals surface area contributed by atoms with Crippen molar-refractivity contribution >= 4 is 56.4 Å². The summed E-state index contributed by atoms with van der Waals surface area (Å²) in [5, 5.41) is 5.25. The summed E-state index contributed by atoms with van der Waals surface area (Å²) in [6.45, 7) is 2.88. The molecule has 1 N–H and O–H groups in total. The zero-order valence-corrected chi connectivity index (χ0v) is 19.7. The molecule has 3 aromatic rings. The number of hydrogen-bond donors (Lipinski definition) is 1. The minimum Gasteiger partial charge on any atom is -0.493 e. The van der Waals surface area contributed by atoms with Gasteiger partial charge in [-0.05, 0) is 70.4 Å². The second kappa shape index (κ2) is 9.94. The summed E-state index contributed by atoms with van der Waals surface area (Å²) >= 11 is 22.0. The van der Waals surface area contributed by atoms with E-state index < -0.39 is 0 Å². The Morgan fingerprint density at radius 3 is 2.45 bits per heavy atom. The lowest BCUT2D eigenvalue weighted by atomic mass is 10.1. The highest BCUT2D eigenvalue weighted by atomic mass is 79.9. The second-order valence-corrected chi connectivity index (χ2v) is 8.56. The summed E-state index contributed by atoms with van der Waals surface area (Å²) in [7, 11) is 1.61. The van der Waals surface area contributed by atoms with Crippen molar-refractivity contribution in [2.45, 2.75) is 20.1 Å². The van der Waals surface area contributed by atoms with Crippen molar-refractivity contribution in [3.63, 3.8) is 0 Å². The molecular formula is C22H19BrCl3NO2. The molecule has 0 aliphatic rings. The molecule has 0 spiro atoms. The van der Waals surface area contributed by atoms with Gasteiger partial charge in [0.15, 0.2) is 11.5 Å². The first-order chi connectivity index (χ1) is 13.9. The van der Waals surface area contributed by atoms with Crippen molar-refractivity contribution < 1.29 is 9.47 Å². The first-order valence-electron chi connectivity index (χ1n) is 8.80. The highest BCUT2D eigenvalue weighted by molar-refractivity contribution is 9.10. The zero-order valence-electron chi connectivity index (χ0n) is 15.9. The van der Waals surface area contributed by atoms with E-state index in [-0.39, 0.29) is 0 Å². The largest absolute Gasteiger partial charge is 0.493 e. The molecule has 7 heteroatoms. The summed E-state index contributed by atoms with van der Waals surface area (Å²) in [5.41, 5.74) is 3.87. The third-order valence-electron chi connectivity index (χ3n) is 4.34. The van der Waals surface area contributed by atoms with E-state index in [0.29, 0.717) is 34.7 Å². The van der Waals surface area contributed by atoms with Crippen molar-refractivity contribution in [3.8, 4) is 11.5 Å². The van der Waals surface area contributed by atoms with Crippen molar-refractivity contribution in [1.82, 2.24) is 0 Å². The van der Waals surface area contributed by atoms with Crippen LogP contribution >= 0.6 is 50.7 Å². The third kappa shape index (κ3) is 5.73. The summed E-state index contributed by atoms with van der Waals surface area (Å²) in [6.07, 6.45) is 0. The summed E-state index contributed by atoms with van der Waals surface area (Å²) in [5.74, 6) is 1.24. The molecule has 0 amide bonds. The van der Waals surface area contributed by atoms with Crippen LogP contribution in [0.3, 0.4) is 0 Å². The lowest BCUT2D eigenvalue weighted by Crippen LogP contribution is -2.03. The van der Waals surface area contributed by atoms with Gasteiger partial charge in [-0.2, -0.15) is 0 Å². The van der Waals surface area contributed by atoms with Gasteiger partial charge in [0.1, 0.15) is 6.61 Å². The van der Waals surface area contributed by atoms with E-state index in [1.54, 1.807) is 19.2 Å². The number of methoxy groups -OCH3 is 1. The number of anilines is 1. The highest BCUT2D eigenvalue weighted by Crippen LogP contribution is 2.38. The number of aryl methyl sites for hydroxylation is 1. The van der Waals surface area contributed by atoms with Crippen LogP contribution in [0.1, 0.15) is 16.7 Å². The second-order valence-electron chi connectivity index (χ2n) is 6.45. The number of rotatable bonds is 7. The van der Waals surface area contributed by atoms with Gasteiger partial charge in [-0.25, -0.2) is 0 Å². The zero-order chi connectivity index (χ0) is 21.0. The van der Waals surface area contributed by atoms with E-state index in [1.807, 2.05) is 43.3 Å². The lowest BCUT2D eigenvalue weighted by Gasteiger charge is -2.16. The predicted molar refractivity (Wildman–Crippen MR) is 125 cm³/mol. The quantitative estimate of drug-likeness (QED) is 0.347. The van der Waals surface area contributed by atoms with Crippen LogP contribution < -0.4 is 14.8 Å². The van der Waals surface area contributed by atoms with E-state index in [2.05, 4.69) is 21.2 Å². The number of benzene rings is 3. The maximum absolute atomic E-state index is 6.23. The Labute approximate surface area is 194 Å². The maximum atomic E-state index is 6.23. The van der Waals surface area contributed by atoms with Gasteiger partial charge < -0.3 is 14.8 Å². The topological polar surface area (TPSA) is 30.5 Å². The van der Waals surface area contributed by atoms with Gasteiger partial charge in [-0.15, -0.1) is 0 Å². The van der Waals surface area contributed by atoms with Gasteiger partial charge in [0.05, 0.1) is 11.6 Å². The molecule has 0 saturated heterocycles. The Morgan fingerprint density at radius 1 is 0.966 bits per heavy atom. The molecule has 0 fully saturated rings. The monoisotopic (exact) mass is 513 g/mol. The average molecular weight is 516 g/mol. The van der Waals surface area contributed by atoms with E-state index in [4.69, 9.17) is 44.3 Å². The Balaban J connectivity index is 1.73. The van der Waals surface area contributed by atoms with Crippen LogP contribution in [0.4, 0.5) is 5.69 Å². The number of hydrogen-bond acceptors (Lipinski definition) is 3. The van der Waals surface area contributed by atoms with E-state index >= 15 is 0 Å². The molecule has 3 rings (SSSR count). The van der Waals surface area contributed by atoms with Gasteiger partial charge in [-0.3, -0.25) is 0 Å². The summed E-state index contributed by atoms with van der Waals surface area (Å²) in [4.78, 5) is 0. The first-order valence-corrected chi connectivity index (χ1v) is 10.7. The fraction of sp³-hybridized carbons (Fsp3) is 0.182. The van der Waals surface area contributed by atoms with Crippen LogP contribution in [-0.4, -0.2) is 7.11 Å². The molecular weight excluding hydrogens is 497 g/mol. The Kier molecular flexibility index (Phi) is 7.58. The smallest absolute Gasteiger partial charge is 0.175 e. The Morgan fingerprint density at radius 2 is 1.76 bits per heavy atom. The van der Waals surface area contributed by atoms with E-state index in [0.717, 1.165) is 31.9 Å². The summed E-state index contributed by atoms with van der Waals surface area (Å²) in [6, 6.07) is 15.1. The molecule has 0 heterocycles. The molecule has 0 aliphatic carbocycles. The molecule has 3 nitrogen and oxygen atoms in total. The lowest BCUT2D eigenvalue weighted by molar-refractivity contribution is 0.282. The molecule has 3 aromatic carbocycles. The number of halogens is 4. The molecule has 29 heavy (non-hydrogen) atoms. The average Bonchev–Trinajstić information content (AvgIpc) is 2.69. The minimum atomic E-state index is 0.296. The third-order valence-corrected chi connectivity index (χ3v) is 5.93. The van der Waals surface area contributed by atoms with E-state index in [9.17, 15) is 0 Å². The van der Waals surface area contributed by atoms with Crippen LogP contribution in [0.2, 0.25) is 15.1 Å². The van der Waals surface area contributed by atoms with Crippen molar-refractivity contribution in [2.75, 3.05) is 12.4 Å². The number of ether oxygens (including phenoxy) is 2. The van der Waals surface area contributed by atoms with E-state index in [1.165, 1.54) is 0 Å². The molecule has 0 aliphatic heterocycles. The van der Waals surface area contributed by atoms with Crippen LogP contribution in [0.15, 0.2) is 53.0 Å².